The lowest BCUT2D eigenvalue weighted by Gasteiger charge is -2.12. The van der Waals surface area contributed by atoms with Gasteiger partial charge in [0.15, 0.2) is 11.5 Å². The molecule has 0 radical (unpaired) electrons. The minimum atomic E-state index is -0.149. The Hall–Kier alpha value is -1.19. The van der Waals surface area contributed by atoms with Gasteiger partial charge in [0.1, 0.15) is 0 Å². The zero-order valence-electron chi connectivity index (χ0n) is 8.20. The van der Waals surface area contributed by atoms with Gasteiger partial charge in [0, 0.05) is 17.1 Å². The van der Waals surface area contributed by atoms with Crippen LogP contribution in [0.3, 0.4) is 0 Å². The molecule has 15 heavy (non-hydrogen) atoms. The van der Waals surface area contributed by atoms with Gasteiger partial charge in [0.05, 0.1) is 0 Å². The van der Waals surface area contributed by atoms with E-state index in [4.69, 9.17) is 26.8 Å². The average molecular weight is 226 g/mol. The molecule has 0 fully saturated rings. The fourth-order valence-electron chi connectivity index (χ4n) is 1.52. The van der Waals surface area contributed by atoms with Crippen LogP contribution in [0.15, 0.2) is 24.8 Å². The van der Waals surface area contributed by atoms with Crippen LogP contribution in [0, 0.1) is 0 Å². The van der Waals surface area contributed by atoms with E-state index in [-0.39, 0.29) is 12.8 Å². The van der Waals surface area contributed by atoms with Crippen LogP contribution < -0.4 is 15.2 Å². The second-order valence-corrected chi connectivity index (χ2v) is 3.77. The van der Waals surface area contributed by atoms with E-state index in [2.05, 4.69) is 6.58 Å². The number of benzene rings is 1. The fourth-order valence-corrected chi connectivity index (χ4v) is 1.82. The first-order valence-electron chi connectivity index (χ1n) is 4.68. The smallest absolute Gasteiger partial charge is 0.231 e. The molecule has 2 N–H and O–H groups in total. The third-order valence-electron chi connectivity index (χ3n) is 2.31. The Labute approximate surface area is 93.4 Å². The summed E-state index contributed by atoms with van der Waals surface area (Å²) in [6.07, 6.45) is 2.45. The maximum Gasteiger partial charge on any atom is 0.231 e. The van der Waals surface area contributed by atoms with Crippen LogP contribution in [0.5, 0.6) is 11.5 Å². The van der Waals surface area contributed by atoms with Crippen molar-refractivity contribution in [3.8, 4) is 11.5 Å². The highest BCUT2D eigenvalue weighted by Crippen LogP contribution is 2.38. The molecular formula is C11H12ClNO2. The standard InChI is InChI=1S/C11H12ClNO2/c1-2-3-9(13)7-4-10-11(5-8(7)12)15-6-14-10/h2,4-5,9H,1,3,6,13H2/t9-/m0/s1. The molecule has 0 saturated carbocycles. The van der Waals surface area contributed by atoms with E-state index in [1.807, 2.05) is 6.07 Å². The predicted octanol–water partition coefficient (Wildman–Crippen LogP) is 2.64. The summed E-state index contributed by atoms with van der Waals surface area (Å²) in [5.41, 5.74) is 6.81. The first kappa shape index (κ1) is 10.3. The Morgan fingerprint density at radius 3 is 2.80 bits per heavy atom. The minimum absolute atomic E-state index is 0.149. The van der Waals surface area contributed by atoms with E-state index in [1.165, 1.54) is 0 Å². The number of ether oxygens (including phenoxy) is 2. The van der Waals surface area contributed by atoms with Gasteiger partial charge in [0.2, 0.25) is 6.79 Å². The normalized spacial score (nSPS) is 15.1. The van der Waals surface area contributed by atoms with Crippen molar-refractivity contribution in [1.29, 1.82) is 0 Å². The second-order valence-electron chi connectivity index (χ2n) is 3.36. The summed E-state index contributed by atoms with van der Waals surface area (Å²) in [5, 5.41) is 0.605. The molecule has 0 amide bonds. The largest absolute Gasteiger partial charge is 0.454 e. The van der Waals surface area contributed by atoms with Gasteiger partial charge in [-0.2, -0.15) is 0 Å². The number of halogens is 1. The summed E-state index contributed by atoms with van der Waals surface area (Å²) in [7, 11) is 0. The molecule has 1 aliphatic heterocycles. The van der Waals surface area contributed by atoms with Crippen LogP contribution >= 0.6 is 11.6 Å². The highest BCUT2D eigenvalue weighted by atomic mass is 35.5. The van der Waals surface area contributed by atoms with Gasteiger partial charge in [-0.1, -0.05) is 17.7 Å². The molecule has 1 atom stereocenters. The van der Waals surface area contributed by atoms with Crippen LogP contribution in [0.4, 0.5) is 0 Å². The van der Waals surface area contributed by atoms with Crippen molar-refractivity contribution in [2.45, 2.75) is 12.5 Å². The highest BCUT2D eigenvalue weighted by Gasteiger charge is 2.18. The molecule has 0 spiro atoms. The maximum absolute atomic E-state index is 6.09. The summed E-state index contributed by atoms with van der Waals surface area (Å²) in [5.74, 6) is 1.38. The lowest BCUT2D eigenvalue weighted by Crippen LogP contribution is -2.09. The van der Waals surface area contributed by atoms with Crippen molar-refractivity contribution >= 4 is 11.6 Å². The van der Waals surface area contributed by atoms with Gasteiger partial charge in [-0.05, 0) is 18.1 Å². The molecule has 4 heteroatoms. The van der Waals surface area contributed by atoms with Crippen molar-refractivity contribution in [2.24, 2.45) is 5.73 Å². The molecule has 1 heterocycles. The monoisotopic (exact) mass is 225 g/mol. The van der Waals surface area contributed by atoms with E-state index in [0.29, 0.717) is 22.9 Å². The molecule has 0 aromatic heterocycles. The van der Waals surface area contributed by atoms with E-state index in [9.17, 15) is 0 Å². The van der Waals surface area contributed by atoms with E-state index >= 15 is 0 Å². The predicted molar refractivity (Wildman–Crippen MR) is 59.3 cm³/mol. The average Bonchev–Trinajstić information content (AvgIpc) is 2.63. The van der Waals surface area contributed by atoms with E-state index in [0.717, 1.165) is 5.56 Å². The van der Waals surface area contributed by atoms with Gasteiger partial charge in [0.25, 0.3) is 0 Å². The number of hydrogen-bond donors (Lipinski definition) is 1. The summed E-state index contributed by atoms with van der Waals surface area (Å²) in [6, 6.07) is 3.42. The fraction of sp³-hybridized carbons (Fsp3) is 0.273. The Morgan fingerprint density at radius 1 is 1.47 bits per heavy atom. The van der Waals surface area contributed by atoms with Gasteiger partial charge in [-0.15, -0.1) is 6.58 Å². The molecule has 0 unspecified atom stereocenters. The molecule has 0 saturated heterocycles. The summed E-state index contributed by atoms with van der Waals surface area (Å²) in [6.45, 7) is 3.89. The molecule has 80 valence electrons. The Balaban J connectivity index is 2.35. The second kappa shape index (κ2) is 4.13. The maximum atomic E-state index is 6.09. The zero-order valence-corrected chi connectivity index (χ0v) is 8.96. The van der Waals surface area contributed by atoms with Crippen LogP contribution in [0.2, 0.25) is 5.02 Å². The van der Waals surface area contributed by atoms with Crippen molar-refractivity contribution in [3.05, 3.63) is 35.4 Å². The molecule has 1 aliphatic rings. The Bertz CT molecular complexity index is 392. The third kappa shape index (κ3) is 1.94. The molecule has 3 nitrogen and oxygen atoms in total. The summed E-state index contributed by atoms with van der Waals surface area (Å²) in [4.78, 5) is 0. The highest BCUT2D eigenvalue weighted by molar-refractivity contribution is 6.31. The van der Waals surface area contributed by atoms with Crippen molar-refractivity contribution in [1.82, 2.24) is 0 Å². The van der Waals surface area contributed by atoms with Gasteiger partial charge in [-0.3, -0.25) is 0 Å². The van der Waals surface area contributed by atoms with Crippen LogP contribution in [0.25, 0.3) is 0 Å². The number of hydrogen-bond acceptors (Lipinski definition) is 3. The molecule has 1 aromatic rings. The molecule has 0 bridgehead atoms. The summed E-state index contributed by atoms with van der Waals surface area (Å²) < 4.78 is 10.5. The van der Waals surface area contributed by atoms with Gasteiger partial charge >= 0.3 is 0 Å². The van der Waals surface area contributed by atoms with Gasteiger partial charge in [-0.25, -0.2) is 0 Å². The molecular weight excluding hydrogens is 214 g/mol. The van der Waals surface area contributed by atoms with Crippen molar-refractivity contribution in [3.63, 3.8) is 0 Å². The van der Waals surface area contributed by atoms with Crippen LogP contribution in [-0.2, 0) is 0 Å². The Kier molecular flexibility index (Phi) is 2.84. The lowest BCUT2D eigenvalue weighted by molar-refractivity contribution is 0.174. The molecule has 1 aromatic carbocycles. The number of nitrogens with two attached hydrogens (primary N) is 1. The van der Waals surface area contributed by atoms with E-state index in [1.54, 1.807) is 12.1 Å². The molecule has 2 rings (SSSR count). The van der Waals surface area contributed by atoms with E-state index < -0.39 is 0 Å². The third-order valence-corrected chi connectivity index (χ3v) is 2.64. The first-order valence-corrected chi connectivity index (χ1v) is 5.05. The minimum Gasteiger partial charge on any atom is -0.454 e. The van der Waals surface area contributed by atoms with Gasteiger partial charge < -0.3 is 15.2 Å². The topological polar surface area (TPSA) is 44.5 Å². The van der Waals surface area contributed by atoms with Crippen molar-refractivity contribution < 1.29 is 9.47 Å². The first-order chi connectivity index (χ1) is 7.22. The van der Waals surface area contributed by atoms with Crippen LogP contribution in [0.1, 0.15) is 18.0 Å². The SMILES string of the molecule is C=CC[C@H](N)c1cc2c(cc1Cl)OCO2. The molecule has 0 aliphatic carbocycles. The quantitative estimate of drug-likeness (QED) is 0.805. The van der Waals surface area contributed by atoms with Crippen LogP contribution in [-0.4, -0.2) is 6.79 Å². The van der Waals surface area contributed by atoms with Crippen molar-refractivity contribution in [2.75, 3.05) is 6.79 Å². The number of fused-ring (bicyclic) bond motifs is 1. The zero-order chi connectivity index (χ0) is 10.8. The lowest BCUT2D eigenvalue weighted by atomic mass is 10.0. The summed E-state index contributed by atoms with van der Waals surface area (Å²) >= 11 is 6.09. The Morgan fingerprint density at radius 2 is 2.13 bits per heavy atom. The number of rotatable bonds is 3.